The van der Waals surface area contributed by atoms with E-state index in [-0.39, 0.29) is 6.10 Å². The van der Waals surface area contributed by atoms with Crippen LogP contribution in [-0.4, -0.2) is 47.3 Å². The number of likely N-dealkylation sites (tertiary alicyclic amines) is 1. The Morgan fingerprint density at radius 3 is 2.68 bits per heavy atom. The fourth-order valence-corrected chi connectivity index (χ4v) is 4.24. The van der Waals surface area contributed by atoms with Gasteiger partial charge in [0, 0.05) is 12.6 Å². The van der Waals surface area contributed by atoms with Crippen molar-refractivity contribution in [1.29, 1.82) is 0 Å². The highest BCUT2D eigenvalue weighted by molar-refractivity contribution is 5.72. The fourth-order valence-electron chi connectivity index (χ4n) is 4.24. The molecule has 2 aliphatic heterocycles. The van der Waals surface area contributed by atoms with Crippen molar-refractivity contribution in [2.75, 3.05) is 13.1 Å². The van der Waals surface area contributed by atoms with Gasteiger partial charge in [-0.15, -0.1) is 0 Å². The average molecular weight is 267 g/mol. The Balaban J connectivity index is 1.55. The summed E-state index contributed by atoms with van der Waals surface area (Å²) < 4.78 is 5.66. The number of hydrogen-bond donors (Lipinski definition) is 1. The lowest BCUT2D eigenvalue weighted by molar-refractivity contribution is -0.150. The molecule has 3 rings (SSSR count). The zero-order valence-corrected chi connectivity index (χ0v) is 11.6. The summed E-state index contributed by atoms with van der Waals surface area (Å²) >= 11 is 0. The SMILES string of the molecule is O=C(O)C1CCC(CN2CCC[C@H]3CCCC[C@H]32)O1. The van der Waals surface area contributed by atoms with Crippen molar-refractivity contribution in [2.45, 2.75) is 69.6 Å². The normalized spacial score (nSPS) is 40.0. The van der Waals surface area contributed by atoms with Gasteiger partial charge in [-0.05, 0) is 51.0 Å². The average Bonchev–Trinajstić information content (AvgIpc) is 2.88. The third kappa shape index (κ3) is 2.95. The highest BCUT2D eigenvalue weighted by atomic mass is 16.5. The molecule has 108 valence electrons. The van der Waals surface area contributed by atoms with Gasteiger partial charge in [0.05, 0.1) is 6.10 Å². The van der Waals surface area contributed by atoms with Crippen LogP contribution in [0.1, 0.15) is 51.4 Å². The van der Waals surface area contributed by atoms with Crippen molar-refractivity contribution >= 4 is 5.97 Å². The molecule has 1 saturated carbocycles. The van der Waals surface area contributed by atoms with E-state index in [2.05, 4.69) is 4.90 Å². The van der Waals surface area contributed by atoms with Crippen molar-refractivity contribution in [2.24, 2.45) is 5.92 Å². The molecule has 3 aliphatic rings. The summed E-state index contributed by atoms with van der Waals surface area (Å²) in [5.41, 5.74) is 0. The minimum Gasteiger partial charge on any atom is -0.479 e. The molecule has 1 aliphatic carbocycles. The second-order valence-corrected chi connectivity index (χ2v) is 6.41. The summed E-state index contributed by atoms with van der Waals surface area (Å²) in [5, 5.41) is 8.99. The predicted molar refractivity (Wildman–Crippen MR) is 72.1 cm³/mol. The van der Waals surface area contributed by atoms with Gasteiger partial charge in [-0.2, -0.15) is 0 Å². The van der Waals surface area contributed by atoms with E-state index in [1.807, 2.05) is 0 Å². The molecule has 2 heterocycles. The third-order valence-electron chi connectivity index (χ3n) is 5.18. The van der Waals surface area contributed by atoms with Crippen molar-refractivity contribution in [3.8, 4) is 0 Å². The molecule has 0 amide bonds. The lowest BCUT2D eigenvalue weighted by atomic mass is 9.78. The number of aliphatic carboxylic acids is 1. The van der Waals surface area contributed by atoms with E-state index in [0.717, 1.165) is 24.9 Å². The number of fused-ring (bicyclic) bond motifs is 1. The van der Waals surface area contributed by atoms with Gasteiger partial charge in [-0.3, -0.25) is 4.90 Å². The first-order chi connectivity index (χ1) is 9.24. The van der Waals surface area contributed by atoms with Crippen LogP contribution in [-0.2, 0) is 9.53 Å². The summed E-state index contributed by atoms with van der Waals surface area (Å²) in [4.78, 5) is 13.5. The number of carboxylic acids is 1. The molecule has 0 spiro atoms. The second kappa shape index (κ2) is 5.80. The lowest BCUT2D eigenvalue weighted by Gasteiger charge is -2.45. The molecule has 2 saturated heterocycles. The van der Waals surface area contributed by atoms with Crippen LogP contribution in [0.4, 0.5) is 0 Å². The maximum absolute atomic E-state index is 10.9. The van der Waals surface area contributed by atoms with Crippen LogP contribution in [0.3, 0.4) is 0 Å². The first kappa shape index (κ1) is 13.4. The number of ether oxygens (including phenoxy) is 1. The molecule has 1 N–H and O–H groups in total. The van der Waals surface area contributed by atoms with Crippen LogP contribution < -0.4 is 0 Å². The van der Waals surface area contributed by atoms with E-state index < -0.39 is 12.1 Å². The Kier molecular flexibility index (Phi) is 4.08. The van der Waals surface area contributed by atoms with Crippen molar-refractivity contribution in [1.82, 2.24) is 4.90 Å². The predicted octanol–water partition coefficient (Wildman–Crippen LogP) is 2.27. The largest absolute Gasteiger partial charge is 0.479 e. The zero-order valence-electron chi connectivity index (χ0n) is 11.6. The number of hydrogen-bond acceptors (Lipinski definition) is 3. The molecule has 3 fully saturated rings. The third-order valence-corrected chi connectivity index (χ3v) is 5.18. The Bertz CT molecular complexity index is 331. The number of carbonyl (C=O) groups is 1. The lowest BCUT2D eigenvalue weighted by Crippen LogP contribution is -2.49. The molecule has 2 unspecified atom stereocenters. The second-order valence-electron chi connectivity index (χ2n) is 6.41. The van der Waals surface area contributed by atoms with Crippen LogP contribution in [0, 0.1) is 5.92 Å². The molecule has 4 nitrogen and oxygen atoms in total. The van der Waals surface area contributed by atoms with Crippen molar-refractivity contribution in [3.63, 3.8) is 0 Å². The Morgan fingerprint density at radius 2 is 1.89 bits per heavy atom. The van der Waals surface area contributed by atoms with Crippen LogP contribution >= 0.6 is 0 Å². The quantitative estimate of drug-likeness (QED) is 0.852. The standard InChI is InChI=1S/C15H25NO3/c17-15(18)14-8-7-12(19-14)10-16-9-3-5-11-4-1-2-6-13(11)16/h11-14H,1-10H2,(H,17,18)/t11-,12?,13-,14?/m1/s1. The molecule has 0 aromatic rings. The summed E-state index contributed by atoms with van der Waals surface area (Å²) in [5.74, 6) is 0.0934. The van der Waals surface area contributed by atoms with Gasteiger partial charge >= 0.3 is 5.97 Å². The fraction of sp³-hybridized carbons (Fsp3) is 0.933. The van der Waals surface area contributed by atoms with Gasteiger partial charge in [0.25, 0.3) is 0 Å². The molecule has 4 atom stereocenters. The monoisotopic (exact) mass is 267 g/mol. The van der Waals surface area contributed by atoms with Crippen LogP contribution in [0.2, 0.25) is 0 Å². The van der Waals surface area contributed by atoms with E-state index in [4.69, 9.17) is 9.84 Å². The summed E-state index contributed by atoms with van der Waals surface area (Å²) in [6.07, 6.45) is 9.35. The highest BCUT2D eigenvalue weighted by Crippen LogP contribution is 2.36. The summed E-state index contributed by atoms with van der Waals surface area (Å²) in [6, 6.07) is 0.745. The molecule has 0 aromatic carbocycles. The van der Waals surface area contributed by atoms with Crippen LogP contribution in [0.5, 0.6) is 0 Å². The zero-order chi connectivity index (χ0) is 13.2. The van der Waals surface area contributed by atoms with Crippen LogP contribution in [0.15, 0.2) is 0 Å². The maximum Gasteiger partial charge on any atom is 0.332 e. The first-order valence-corrected chi connectivity index (χ1v) is 7.86. The minimum absolute atomic E-state index is 0.141. The Labute approximate surface area is 115 Å². The van der Waals surface area contributed by atoms with Gasteiger partial charge in [0.2, 0.25) is 0 Å². The van der Waals surface area contributed by atoms with Crippen molar-refractivity contribution in [3.05, 3.63) is 0 Å². The van der Waals surface area contributed by atoms with E-state index in [1.54, 1.807) is 0 Å². The van der Waals surface area contributed by atoms with Gasteiger partial charge in [-0.1, -0.05) is 12.8 Å². The molecule has 4 heteroatoms. The topological polar surface area (TPSA) is 49.8 Å². The summed E-state index contributed by atoms with van der Waals surface area (Å²) in [6.45, 7) is 2.13. The minimum atomic E-state index is -0.795. The number of piperidine rings is 1. The smallest absolute Gasteiger partial charge is 0.332 e. The number of carboxylic acid groups (broad SMARTS) is 1. The van der Waals surface area contributed by atoms with Gasteiger partial charge in [-0.25, -0.2) is 4.79 Å². The number of rotatable bonds is 3. The number of nitrogens with zero attached hydrogens (tertiary/aromatic N) is 1. The van der Waals surface area contributed by atoms with E-state index in [0.29, 0.717) is 6.42 Å². The molecule has 19 heavy (non-hydrogen) atoms. The molecule has 0 aromatic heterocycles. The molecule has 0 bridgehead atoms. The van der Waals surface area contributed by atoms with E-state index in [1.165, 1.54) is 45.1 Å². The van der Waals surface area contributed by atoms with Gasteiger partial charge in [0.15, 0.2) is 6.10 Å². The first-order valence-electron chi connectivity index (χ1n) is 7.86. The molecular weight excluding hydrogens is 242 g/mol. The Hall–Kier alpha value is -0.610. The van der Waals surface area contributed by atoms with E-state index >= 15 is 0 Å². The van der Waals surface area contributed by atoms with Crippen molar-refractivity contribution < 1.29 is 14.6 Å². The summed E-state index contributed by atoms with van der Waals surface area (Å²) in [7, 11) is 0. The molecular formula is C15H25NO3. The molecule has 0 radical (unpaired) electrons. The highest BCUT2D eigenvalue weighted by Gasteiger charge is 2.37. The maximum atomic E-state index is 10.9. The van der Waals surface area contributed by atoms with E-state index in [9.17, 15) is 4.79 Å². The van der Waals surface area contributed by atoms with Gasteiger partial charge in [0.1, 0.15) is 0 Å². The van der Waals surface area contributed by atoms with Crippen LogP contribution in [0.25, 0.3) is 0 Å². The van der Waals surface area contributed by atoms with Gasteiger partial charge < -0.3 is 9.84 Å². The Morgan fingerprint density at radius 1 is 1.11 bits per heavy atom.